The standard InChI is InChI=1S/C10H20S2/c1-8(2)7-9-11-6-5-10(3,4)12-9/h8-9H,5-7H2,1-4H3/t9-/m0/s1. The molecule has 0 radical (unpaired) electrons. The Morgan fingerprint density at radius 1 is 1.42 bits per heavy atom. The Kier molecular flexibility index (Phi) is 3.84. The third kappa shape index (κ3) is 3.61. The van der Waals surface area contributed by atoms with Crippen LogP contribution in [0.5, 0.6) is 0 Å². The number of thioether (sulfide) groups is 2. The van der Waals surface area contributed by atoms with Crippen LogP contribution in [0.1, 0.15) is 40.5 Å². The number of hydrogen-bond acceptors (Lipinski definition) is 2. The van der Waals surface area contributed by atoms with E-state index in [9.17, 15) is 0 Å². The predicted molar refractivity (Wildman–Crippen MR) is 62.0 cm³/mol. The molecule has 0 aliphatic carbocycles. The maximum Gasteiger partial charge on any atom is 0.0510 e. The maximum absolute atomic E-state index is 2.38. The van der Waals surface area contributed by atoms with Crippen molar-refractivity contribution in [2.75, 3.05) is 5.75 Å². The fourth-order valence-corrected chi connectivity index (χ4v) is 5.68. The van der Waals surface area contributed by atoms with Crippen LogP contribution in [-0.4, -0.2) is 15.1 Å². The Morgan fingerprint density at radius 3 is 2.58 bits per heavy atom. The topological polar surface area (TPSA) is 0 Å². The van der Waals surface area contributed by atoms with Crippen molar-refractivity contribution in [1.29, 1.82) is 0 Å². The summed E-state index contributed by atoms with van der Waals surface area (Å²) in [4.78, 5) is 0. The number of rotatable bonds is 2. The van der Waals surface area contributed by atoms with Gasteiger partial charge in [0.05, 0.1) is 4.58 Å². The molecule has 2 heteroatoms. The van der Waals surface area contributed by atoms with Gasteiger partial charge >= 0.3 is 0 Å². The van der Waals surface area contributed by atoms with E-state index in [1.54, 1.807) is 0 Å². The number of hydrogen-bond donors (Lipinski definition) is 0. The van der Waals surface area contributed by atoms with Gasteiger partial charge in [0.2, 0.25) is 0 Å². The van der Waals surface area contributed by atoms with E-state index in [0.717, 1.165) is 10.5 Å². The second kappa shape index (κ2) is 4.28. The van der Waals surface area contributed by atoms with Gasteiger partial charge < -0.3 is 0 Å². The van der Waals surface area contributed by atoms with Crippen LogP contribution in [0.4, 0.5) is 0 Å². The minimum Gasteiger partial charge on any atom is -0.148 e. The molecule has 0 spiro atoms. The van der Waals surface area contributed by atoms with Crippen LogP contribution in [-0.2, 0) is 0 Å². The molecule has 0 aromatic heterocycles. The van der Waals surface area contributed by atoms with E-state index in [-0.39, 0.29) is 0 Å². The molecule has 1 saturated heterocycles. The average Bonchev–Trinajstić information content (AvgIpc) is 1.82. The van der Waals surface area contributed by atoms with E-state index in [4.69, 9.17) is 0 Å². The first-order valence-corrected chi connectivity index (χ1v) is 6.72. The summed E-state index contributed by atoms with van der Waals surface area (Å²) in [5, 5.41) is 0. The van der Waals surface area contributed by atoms with Gasteiger partial charge in [0.25, 0.3) is 0 Å². The summed E-state index contributed by atoms with van der Waals surface area (Å²) in [6.45, 7) is 9.40. The van der Waals surface area contributed by atoms with Crippen molar-refractivity contribution in [1.82, 2.24) is 0 Å². The average molecular weight is 204 g/mol. The first kappa shape index (κ1) is 10.8. The van der Waals surface area contributed by atoms with Crippen LogP contribution in [0.25, 0.3) is 0 Å². The van der Waals surface area contributed by atoms with Crippen LogP contribution < -0.4 is 0 Å². The van der Waals surface area contributed by atoms with Crippen LogP contribution in [0.3, 0.4) is 0 Å². The Hall–Kier alpha value is 0.700. The monoisotopic (exact) mass is 204 g/mol. The Labute approximate surface area is 85.3 Å². The molecule has 1 aliphatic rings. The fourth-order valence-electron chi connectivity index (χ4n) is 1.39. The van der Waals surface area contributed by atoms with Gasteiger partial charge in [-0.15, -0.1) is 23.5 Å². The molecule has 1 heterocycles. The summed E-state index contributed by atoms with van der Waals surface area (Å²) in [5.74, 6) is 2.21. The molecule has 0 amide bonds. The summed E-state index contributed by atoms with van der Waals surface area (Å²) >= 11 is 4.34. The first-order valence-electron chi connectivity index (χ1n) is 4.79. The highest BCUT2D eigenvalue weighted by atomic mass is 32.2. The summed E-state index contributed by atoms with van der Waals surface area (Å²) in [6.07, 6.45) is 2.75. The van der Waals surface area contributed by atoms with Crippen molar-refractivity contribution in [2.45, 2.75) is 49.9 Å². The highest BCUT2D eigenvalue weighted by Gasteiger charge is 2.29. The van der Waals surface area contributed by atoms with E-state index in [1.165, 1.54) is 18.6 Å². The maximum atomic E-state index is 2.38. The SMILES string of the molecule is CC(C)C[C@H]1SCCC(C)(C)S1. The lowest BCUT2D eigenvalue weighted by molar-refractivity contribution is 0.606. The van der Waals surface area contributed by atoms with Crippen molar-refractivity contribution in [3.8, 4) is 0 Å². The molecule has 0 saturated carbocycles. The van der Waals surface area contributed by atoms with Crippen molar-refractivity contribution >= 4 is 23.5 Å². The molecule has 12 heavy (non-hydrogen) atoms. The quantitative estimate of drug-likeness (QED) is 0.666. The minimum atomic E-state index is 0.533. The third-order valence-electron chi connectivity index (χ3n) is 2.12. The van der Waals surface area contributed by atoms with Crippen molar-refractivity contribution in [2.24, 2.45) is 5.92 Å². The van der Waals surface area contributed by atoms with Crippen LogP contribution in [0.15, 0.2) is 0 Å². The Balaban J connectivity index is 2.36. The lowest BCUT2D eigenvalue weighted by Gasteiger charge is -2.35. The summed E-state index contributed by atoms with van der Waals surface area (Å²) in [6, 6.07) is 0. The summed E-state index contributed by atoms with van der Waals surface area (Å²) in [5.41, 5.74) is 0. The third-order valence-corrected chi connectivity index (χ3v) is 5.12. The van der Waals surface area contributed by atoms with E-state index >= 15 is 0 Å². The smallest absolute Gasteiger partial charge is 0.0510 e. The van der Waals surface area contributed by atoms with E-state index in [0.29, 0.717) is 4.75 Å². The fraction of sp³-hybridized carbons (Fsp3) is 1.00. The van der Waals surface area contributed by atoms with Gasteiger partial charge in [0.15, 0.2) is 0 Å². The van der Waals surface area contributed by atoms with Crippen molar-refractivity contribution in [3.63, 3.8) is 0 Å². The second-order valence-corrected chi connectivity index (χ2v) is 8.08. The molecule has 0 N–H and O–H groups in total. The zero-order valence-corrected chi connectivity index (χ0v) is 10.2. The molecule has 0 bridgehead atoms. The van der Waals surface area contributed by atoms with Gasteiger partial charge in [-0.05, 0) is 24.5 Å². The van der Waals surface area contributed by atoms with Gasteiger partial charge in [-0.25, -0.2) is 0 Å². The molecule has 0 aromatic carbocycles. The Morgan fingerprint density at radius 2 is 2.08 bits per heavy atom. The predicted octanol–water partition coefficient (Wildman–Crippen LogP) is 4.01. The molecule has 72 valence electrons. The lowest BCUT2D eigenvalue weighted by atomic mass is 10.1. The first-order chi connectivity index (χ1) is 5.49. The zero-order chi connectivity index (χ0) is 9.19. The lowest BCUT2D eigenvalue weighted by Crippen LogP contribution is -2.25. The Bertz CT molecular complexity index is 141. The molecule has 0 nitrogen and oxygen atoms in total. The molecule has 0 aromatic rings. The van der Waals surface area contributed by atoms with Gasteiger partial charge in [-0.3, -0.25) is 0 Å². The van der Waals surface area contributed by atoms with Gasteiger partial charge in [0, 0.05) is 4.75 Å². The van der Waals surface area contributed by atoms with Crippen LogP contribution >= 0.6 is 23.5 Å². The van der Waals surface area contributed by atoms with Gasteiger partial charge in [-0.1, -0.05) is 27.7 Å². The van der Waals surface area contributed by atoms with E-state index < -0.39 is 0 Å². The molecule has 1 atom stereocenters. The van der Waals surface area contributed by atoms with E-state index in [2.05, 4.69) is 51.2 Å². The minimum absolute atomic E-state index is 0.533. The largest absolute Gasteiger partial charge is 0.148 e. The molecule has 1 fully saturated rings. The summed E-state index contributed by atoms with van der Waals surface area (Å²) < 4.78 is 1.39. The molecular formula is C10H20S2. The van der Waals surface area contributed by atoms with Crippen molar-refractivity contribution < 1.29 is 0 Å². The normalized spacial score (nSPS) is 29.2. The highest BCUT2D eigenvalue weighted by molar-refractivity contribution is 8.18. The van der Waals surface area contributed by atoms with E-state index in [1.807, 2.05) is 0 Å². The zero-order valence-electron chi connectivity index (χ0n) is 8.59. The summed E-state index contributed by atoms with van der Waals surface area (Å²) in [7, 11) is 0. The van der Waals surface area contributed by atoms with Crippen LogP contribution in [0, 0.1) is 5.92 Å². The van der Waals surface area contributed by atoms with Crippen molar-refractivity contribution in [3.05, 3.63) is 0 Å². The molecular weight excluding hydrogens is 184 g/mol. The van der Waals surface area contributed by atoms with Crippen LogP contribution in [0.2, 0.25) is 0 Å². The van der Waals surface area contributed by atoms with Gasteiger partial charge in [0.1, 0.15) is 0 Å². The van der Waals surface area contributed by atoms with Gasteiger partial charge in [-0.2, -0.15) is 0 Å². The highest BCUT2D eigenvalue weighted by Crippen LogP contribution is 2.45. The molecule has 1 rings (SSSR count). The molecule has 1 aliphatic heterocycles. The molecule has 0 unspecified atom stereocenters. The second-order valence-electron chi connectivity index (χ2n) is 4.56.